The topological polar surface area (TPSA) is 64.4 Å². The molecule has 0 bridgehead atoms. The van der Waals surface area contributed by atoms with Gasteiger partial charge in [0.15, 0.2) is 0 Å². The molecule has 0 spiro atoms. The Morgan fingerprint density at radius 2 is 2.16 bits per heavy atom. The van der Waals surface area contributed by atoms with E-state index in [1.54, 1.807) is 0 Å². The van der Waals surface area contributed by atoms with E-state index in [0.29, 0.717) is 6.54 Å². The van der Waals surface area contributed by atoms with Crippen molar-refractivity contribution < 1.29 is 9.53 Å². The van der Waals surface area contributed by atoms with E-state index >= 15 is 0 Å². The molecule has 1 aromatic carbocycles. The predicted octanol–water partition coefficient (Wildman–Crippen LogP) is 1.57. The number of carbonyl (C=O) groups is 1. The van der Waals surface area contributed by atoms with Crippen LogP contribution in [0.15, 0.2) is 28.7 Å². The minimum atomic E-state index is -0.110. The first-order chi connectivity index (χ1) is 9.16. The maximum Gasteiger partial charge on any atom is 0.233 e. The molecule has 5 heteroatoms. The van der Waals surface area contributed by atoms with Gasteiger partial charge in [-0.1, -0.05) is 28.1 Å². The molecule has 0 aliphatic carbocycles. The molecule has 1 aliphatic rings. The number of amides is 1. The van der Waals surface area contributed by atoms with Crippen molar-refractivity contribution in [3.8, 4) is 0 Å². The number of carbonyl (C=O) groups excluding carboxylic acids is 1. The Balaban J connectivity index is 2.21. The second-order valence-electron chi connectivity index (χ2n) is 4.88. The van der Waals surface area contributed by atoms with Crippen LogP contribution in [0.25, 0.3) is 0 Å². The zero-order chi connectivity index (χ0) is 13.7. The molecule has 2 rings (SSSR count). The first-order valence-corrected chi connectivity index (χ1v) is 7.26. The van der Waals surface area contributed by atoms with E-state index in [0.717, 1.165) is 30.5 Å². The maximum absolute atomic E-state index is 11.4. The fourth-order valence-electron chi connectivity index (χ4n) is 2.49. The van der Waals surface area contributed by atoms with E-state index in [9.17, 15) is 4.79 Å². The standard InChI is InChI=1S/C14H19BrN2O2/c15-12-3-1-2-11(8-12)14(4-6-19-7-5-14)10-17-13(18)9-16/h1-3,8H,4-7,9-10,16H2,(H,17,18). The van der Waals surface area contributed by atoms with Crippen LogP contribution in [0.3, 0.4) is 0 Å². The second kappa shape index (κ2) is 6.50. The van der Waals surface area contributed by atoms with Crippen molar-refractivity contribution in [1.82, 2.24) is 5.32 Å². The summed E-state index contributed by atoms with van der Waals surface area (Å²) in [5, 5.41) is 2.93. The first kappa shape index (κ1) is 14.5. The number of hydrogen-bond acceptors (Lipinski definition) is 3. The highest BCUT2D eigenvalue weighted by Crippen LogP contribution is 2.35. The summed E-state index contributed by atoms with van der Waals surface area (Å²) in [4.78, 5) is 11.4. The lowest BCUT2D eigenvalue weighted by Crippen LogP contribution is -2.46. The van der Waals surface area contributed by atoms with Gasteiger partial charge in [0.25, 0.3) is 0 Å². The van der Waals surface area contributed by atoms with Crippen molar-refractivity contribution in [2.75, 3.05) is 26.3 Å². The lowest BCUT2D eigenvalue weighted by atomic mass is 9.74. The van der Waals surface area contributed by atoms with Gasteiger partial charge in [-0.25, -0.2) is 0 Å². The summed E-state index contributed by atoms with van der Waals surface area (Å²) >= 11 is 3.51. The fraction of sp³-hybridized carbons (Fsp3) is 0.500. The summed E-state index contributed by atoms with van der Waals surface area (Å²) in [6.45, 7) is 2.10. The highest BCUT2D eigenvalue weighted by atomic mass is 79.9. The summed E-state index contributed by atoms with van der Waals surface area (Å²) in [6.07, 6.45) is 1.82. The summed E-state index contributed by atoms with van der Waals surface area (Å²) < 4.78 is 6.52. The molecule has 3 N–H and O–H groups in total. The number of nitrogens with two attached hydrogens (primary N) is 1. The molecule has 19 heavy (non-hydrogen) atoms. The van der Waals surface area contributed by atoms with Crippen LogP contribution < -0.4 is 11.1 Å². The van der Waals surface area contributed by atoms with E-state index in [1.807, 2.05) is 12.1 Å². The SMILES string of the molecule is NCC(=O)NCC1(c2cccc(Br)c2)CCOCC1. The molecular weight excluding hydrogens is 308 g/mol. The van der Waals surface area contributed by atoms with Gasteiger partial charge in [-0.15, -0.1) is 0 Å². The highest BCUT2D eigenvalue weighted by Gasteiger charge is 2.34. The lowest BCUT2D eigenvalue weighted by molar-refractivity contribution is -0.120. The molecule has 1 heterocycles. The van der Waals surface area contributed by atoms with Crippen LogP contribution in [0, 0.1) is 0 Å². The van der Waals surface area contributed by atoms with E-state index in [1.165, 1.54) is 5.56 Å². The number of hydrogen-bond donors (Lipinski definition) is 2. The van der Waals surface area contributed by atoms with Gasteiger partial charge in [-0.2, -0.15) is 0 Å². The van der Waals surface area contributed by atoms with Crippen LogP contribution in [-0.4, -0.2) is 32.2 Å². The predicted molar refractivity (Wildman–Crippen MR) is 77.9 cm³/mol. The third kappa shape index (κ3) is 3.55. The second-order valence-corrected chi connectivity index (χ2v) is 5.80. The van der Waals surface area contributed by atoms with Crippen molar-refractivity contribution >= 4 is 21.8 Å². The molecule has 0 atom stereocenters. The Hall–Kier alpha value is -0.910. The van der Waals surface area contributed by atoms with Crippen LogP contribution >= 0.6 is 15.9 Å². The number of rotatable bonds is 4. The summed E-state index contributed by atoms with van der Waals surface area (Å²) in [5.41, 5.74) is 6.54. The van der Waals surface area contributed by atoms with Gasteiger partial charge in [-0.05, 0) is 30.5 Å². The minimum Gasteiger partial charge on any atom is -0.381 e. The Labute approximate surface area is 121 Å². The molecule has 0 unspecified atom stereocenters. The Morgan fingerprint density at radius 1 is 1.42 bits per heavy atom. The minimum absolute atomic E-state index is 0.0328. The van der Waals surface area contributed by atoms with Crippen molar-refractivity contribution in [2.24, 2.45) is 5.73 Å². The summed E-state index contributed by atoms with van der Waals surface area (Å²) in [7, 11) is 0. The molecule has 1 aromatic rings. The lowest BCUT2D eigenvalue weighted by Gasteiger charge is -2.38. The monoisotopic (exact) mass is 326 g/mol. The third-order valence-electron chi connectivity index (χ3n) is 3.70. The fourth-order valence-corrected chi connectivity index (χ4v) is 2.89. The van der Waals surface area contributed by atoms with Crippen LogP contribution in [0.2, 0.25) is 0 Å². The molecule has 1 fully saturated rings. The largest absolute Gasteiger partial charge is 0.381 e. The number of halogens is 1. The van der Waals surface area contributed by atoms with Crippen molar-refractivity contribution in [1.29, 1.82) is 0 Å². The van der Waals surface area contributed by atoms with Crippen LogP contribution in [0.1, 0.15) is 18.4 Å². The summed E-state index contributed by atoms with van der Waals surface area (Å²) in [6, 6.07) is 8.28. The first-order valence-electron chi connectivity index (χ1n) is 6.47. The zero-order valence-corrected chi connectivity index (χ0v) is 12.4. The van der Waals surface area contributed by atoms with E-state index in [2.05, 4.69) is 33.4 Å². The zero-order valence-electron chi connectivity index (χ0n) is 10.8. The molecule has 0 saturated carbocycles. The molecule has 1 amide bonds. The molecule has 0 aromatic heterocycles. The van der Waals surface area contributed by atoms with Gasteiger partial charge in [0.2, 0.25) is 5.91 Å². The number of nitrogens with one attached hydrogen (secondary N) is 1. The quantitative estimate of drug-likeness (QED) is 0.882. The average molecular weight is 327 g/mol. The summed E-state index contributed by atoms with van der Waals surface area (Å²) in [5.74, 6) is -0.110. The van der Waals surface area contributed by atoms with Gasteiger partial charge in [0.1, 0.15) is 0 Å². The van der Waals surface area contributed by atoms with Gasteiger partial charge in [-0.3, -0.25) is 4.79 Å². The molecule has 1 aliphatic heterocycles. The smallest absolute Gasteiger partial charge is 0.233 e. The van der Waals surface area contributed by atoms with Gasteiger partial charge in [0, 0.05) is 29.6 Å². The Bertz CT molecular complexity index is 445. The van der Waals surface area contributed by atoms with Crippen LogP contribution in [0.4, 0.5) is 0 Å². The van der Waals surface area contributed by atoms with Crippen molar-refractivity contribution in [3.05, 3.63) is 34.3 Å². The Morgan fingerprint density at radius 3 is 2.79 bits per heavy atom. The average Bonchev–Trinajstić information content (AvgIpc) is 2.46. The highest BCUT2D eigenvalue weighted by molar-refractivity contribution is 9.10. The van der Waals surface area contributed by atoms with Crippen LogP contribution in [0.5, 0.6) is 0 Å². The number of benzene rings is 1. The van der Waals surface area contributed by atoms with Gasteiger partial charge >= 0.3 is 0 Å². The molecular formula is C14H19BrN2O2. The normalized spacial score (nSPS) is 18.0. The third-order valence-corrected chi connectivity index (χ3v) is 4.19. The maximum atomic E-state index is 11.4. The van der Waals surface area contributed by atoms with E-state index < -0.39 is 0 Å². The molecule has 0 radical (unpaired) electrons. The van der Waals surface area contributed by atoms with Crippen molar-refractivity contribution in [2.45, 2.75) is 18.3 Å². The number of ether oxygens (including phenoxy) is 1. The molecule has 104 valence electrons. The van der Waals surface area contributed by atoms with Gasteiger partial charge < -0.3 is 15.8 Å². The van der Waals surface area contributed by atoms with E-state index in [4.69, 9.17) is 10.5 Å². The Kier molecular flexibility index (Phi) is 4.96. The molecule has 4 nitrogen and oxygen atoms in total. The van der Waals surface area contributed by atoms with Crippen molar-refractivity contribution in [3.63, 3.8) is 0 Å². The van der Waals surface area contributed by atoms with Crippen LogP contribution in [-0.2, 0) is 14.9 Å². The molecule has 1 saturated heterocycles. The van der Waals surface area contributed by atoms with Gasteiger partial charge in [0.05, 0.1) is 6.54 Å². The van der Waals surface area contributed by atoms with E-state index in [-0.39, 0.29) is 17.9 Å².